The minimum Gasteiger partial charge on any atom is -0.379 e. The normalized spacial score (nSPS) is 11.9. The summed E-state index contributed by atoms with van der Waals surface area (Å²) >= 11 is 4.94. The first-order valence-electron chi connectivity index (χ1n) is 14.9. The molecule has 1 aromatic rings. The average molecular weight is 727 g/mol. The van der Waals surface area contributed by atoms with Gasteiger partial charge in [0, 0.05) is 12.2 Å². The maximum absolute atomic E-state index is 13.0. The molecule has 0 spiro atoms. The molecule has 0 aromatic heterocycles. The molecule has 1 rings (SSSR count). The van der Waals surface area contributed by atoms with Crippen molar-refractivity contribution in [2.45, 2.75) is 18.8 Å². The molecule has 20 heteroatoms. The van der Waals surface area contributed by atoms with Gasteiger partial charge in [-0.1, -0.05) is 0 Å². The van der Waals surface area contributed by atoms with Crippen molar-refractivity contribution in [1.29, 1.82) is 0 Å². The van der Waals surface area contributed by atoms with E-state index in [-0.39, 0.29) is 56.5 Å². The van der Waals surface area contributed by atoms with E-state index in [1.807, 2.05) is 5.43 Å². The second-order valence-electron chi connectivity index (χ2n) is 9.39. The van der Waals surface area contributed by atoms with Gasteiger partial charge in [0.1, 0.15) is 0 Å². The molecule has 13 nitrogen and oxygen atoms in total. The molecular formula is C28H44F6N4O9S. The first-order chi connectivity index (χ1) is 22.9. The van der Waals surface area contributed by atoms with Gasteiger partial charge in [-0.25, -0.2) is 5.84 Å². The van der Waals surface area contributed by atoms with Gasteiger partial charge in [0.15, 0.2) is 5.11 Å². The van der Waals surface area contributed by atoms with E-state index in [0.29, 0.717) is 91.4 Å². The number of rotatable bonds is 28. The second-order valence-corrected chi connectivity index (χ2v) is 9.80. The van der Waals surface area contributed by atoms with Crippen LogP contribution in [-0.2, 0) is 55.0 Å². The molecule has 0 unspecified atom stereocenters. The number of nitrogens with two attached hydrogens (primary N) is 1. The highest BCUT2D eigenvalue weighted by Gasteiger charge is 2.37. The van der Waals surface area contributed by atoms with E-state index in [1.165, 1.54) is 0 Å². The van der Waals surface area contributed by atoms with Crippen LogP contribution in [0.4, 0.5) is 32.0 Å². The first-order valence-corrected chi connectivity index (χ1v) is 15.3. The zero-order valence-corrected chi connectivity index (χ0v) is 27.2. The summed E-state index contributed by atoms with van der Waals surface area (Å²) in [7, 11) is 0. The van der Waals surface area contributed by atoms with Gasteiger partial charge in [-0.15, -0.1) is 0 Å². The van der Waals surface area contributed by atoms with Crippen molar-refractivity contribution in [2.75, 3.05) is 118 Å². The van der Waals surface area contributed by atoms with Crippen molar-refractivity contribution in [3.8, 4) is 0 Å². The fourth-order valence-electron chi connectivity index (χ4n) is 3.32. The number of hydrazine groups is 1. The Hall–Kier alpha value is -2.40. The van der Waals surface area contributed by atoms with Crippen LogP contribution in [-0.4, -0.2) is 123 Å². The Morgan fingerprint density at radius 1 is 0.583 bits per heavy atom. The van der Waals surface area contributed by atoms with E-state index >= 15 is 0 Å². The third kappa shape index (κ3) is 23.8. The van der Waals surface area contributed by atoms with Crippen molar-refractivity contribution >= 4 is 28.9 Å². The number of hydrogen-bond acceptors (Lipinski definition) is 11. The molecule has 0 radical (unpaired) electrons. The lowest BCUT2D eigenvalue weighted by molar-refractivity contribution is -0.143. The van der Waals surface area contributed by atoms with E-state index < -0.39 is 29.2 Å². The maximum atomic E-state index is 13.0. The lowest BCUT2D eigenvalue weighted by Crippen LogP contribution is -2.31. The van der Waals surface area contributed by atoms with E-state index in [9.17, 15) is 31.1 Å². The van der Waals surface area contributed by atoms with Crippen molar-refractivity contribution in [1.82, 2.24) is 10.7 Å². The molecular weight excluding hydrogens is 682 g/mol. The Bertz CT molecular complexity index is 981. The molecule has 0 bridgehead atoms. The Morgan fingerprint density at radius 2 is 0.917 bits per heavy atom. The highest BCUT2D eigenvalue weighted by molar-refractivity contribution is 7.80. The minimum absolute atomic E-state index is 0.0380. The predicted molar refractivity (Wildman–Crippen MR) is 164 cm³/mol. The predicted octanol–water partition coefficient (Wildman–Crippen LogP) is 2.52. The lowest BCUT2D eigenvalue weighted by atomic mass is 10.1. The summed E-state index contributed by atoms with van der Waals surface area (Å²) in [6.45, 7) is 5.91. The summed E-state index contributed by atoms with van der Waals surface area (Å²) in [4.78, 5) is 10.9. The molecule has 0 saturated carbocycles. The second kappa shape index (κ2) is 26.5. The zero-order valence-electron chi connectivity index (χ0n) is 26.4. The van der Waals surface area contributed by atoms with Gasteiger partial charge in [-0.2, -0.15) is 26.3 Å². The third-order valence-corrected chi connectivity index (χ3v) is 5.86. The number of carbonyl (C=O) groups excluding carboxylic acids is 1. The Balaban J connectivity index is 1.86. The fourth-order valence-corrected chi connectivity index (χ4v) is 3.54. The van der Waals surface area contributed by atoms with E-state index in [1.54, 1.807) is 0 Å². The summed E-state index contributed by atoms with van der Waals surface area (Å²) in [5.41, 5.74) is -1.32. The lowest BCUT2D eigenvalue weighted by Gasteiger charge is -2.16. The Morgan fingerprint density at radius 3 is 1.25 bits per heavy atom. The number of thiocarbonyl (C=S) groups is 1. The van der Waals surface area contributed by atoms with Gasteiger partial charge in [0.05, 0.1) is 123 Å². The van der Waals surface area contributed by atoms with Crippen molar-refractivity contribution in [2.24, 2.45) is 5.84 Å². The van der Waals surface area contributed by atoms with Crippen LogP contribution in [0.25, 0.3) is 0 Å². The third-order valence-electron chi connectivity index (χ3n) is 5.62. The van der Waals surface area contributed by atoms with Crippen LogP contribution in [0.3, 0.4) is 0 Å². The monoisotopic (exact) mass is 726 g/mol. The number of anilines is 1. The Kier molecular flexibility index (Phi) is 24.1. The zero-order chi connectivity index (χ0) is 35.5. The number of amides is 1. The summed E-state index contributed by atoms with van der Waals surface area (Å²) < 4.78 is 121. The van der Waals surface area contributed by atoms with Crippen molar-refractivity contribution in [3.63, 3.8) is 0 Å². The van der Waals surface area contributed by atoms with Crippen molar-refractivity contribution in [3.05, 3.63) is 29.3 Å². The molecule has 0 saturated heterocycles. The largest absolute Gasteiger partial charge is 0.416 e. The summed E-state index contributed by atoms with van der Waals surface area (Å²) in [6.07, 6.45) is -9.71. The van der Waals surface area contributed by atoms with E-state index in [0.717, 1.165) is 0 Å². The highest BCUT2D eigenvalue weighted by Crippen LogP contribution is 2.37. The van der Waals surface area contributed by atoms with Gasteiger partial charge in [0.25, 0.3) is 0 Å². The van der Waals surface area contributed by atoms with Gasteiger partial charge in [0.2, 0.25) is 5.91 Å². The maximum Gasteiger partial charge on any atom is 0.416 e. The number of benzene rings is 1. The smallest absolute Gasteiger partial charge is 0.379 e. The topological polar surface area (TPSA) is 153 Å². The van der Waals surface area contributed by atoms with Crippen molar-refractivity contribution < 1.29 is 69.0 Å². The van der Waals surface area contributed by atoms with Crippen LogP contribution in [0.2, 0.25) is 0 Å². The summed E-state index contributed by atoms with van der Waals surface area (Å²) in [5.74, 6) is 4.67. The standard InChI is InChI=1S/C28H44F6N4O9S/c29-27(30,31)22-19-23(28(32,33)34)21-24(20-22)37-26(48)36-2-4-41-6-8-43-10-12-45-14-16-47-18-17-46-15-13-44-11-9-42-7-5-40-3-1-25(39)38-35/h19-21H,1-18,35H2,(H,38,39)(H2,36,37,48). The van der Waals surface area contributed by atoms with Crippen LogP contribution in [0.1, 0.15) is 17.5 Å². The van der Waals surface area contributed by atoms with Gasteiger partial charge >= 0.3 is 12.4 Å². The first kappa shape index (κ1) is 43.6. The fraction of sp³-hybridized carbons (Fsp3) is 0.714. The quantitative estimate of drug-likeness (QED) is 0.0250. The minimum atomic E-state index is -4.96. The molecule has 1 amide bonds. The number of ether oxygens (including phenoxy) is 8. The Labute approximate surface area is 280 Å². The van der Waals surface area contributed by atoms with Crippen LogP contribution in [0, 0.1) is 0 Å². The van der Waals surface area contributed by atoms with E-state index in [4.69, 9.17) is 56.0 Å². The number of hydrogen-bond donors (Lipinski definition) is 4. The number of carbonyl (C=O) groups is 1. The number of alkyl halides is 6. The summed E-state index contributed by atoms with van der Waals surface area (Å²) in [5, 5.41) is 4.82. The van der Waals surface area contributed by atoms with Crippen LogP contribution >= 0.6 is 12.2 Å². The molecule has 0 aliphatic carbocycles. The molecule has 48 heavy (non-hydrogen) atoms. The van der Waals surface area contributed by atoms with Gasteiger partial charge in [-0.05, 0) is 30.4 Å². The average Bonchev–Trinajstić information content (AvgIpc) is 3.03. The SMILES string of the molecule is NNC(=O)CCOCCOCCOCCOCCOCCOCCOCCOCCNC(=S)Nc1cc(C(F)(F)F)cc(C(F)(F)F)c1. The molecule has 0 aliphatic heterocycles. The van der Waals surface area contributed by atoms with Crippen LogP contribution in [0.15, 0.2) is 18.2 Å². The molecule has 1 aromatic carbocycles. The van der Waals surface area contributed by atoms with Crippen LogP contribution < -0.4 is 21.9 Å². The highest BCUT2D eigenvalue weighted by atomic mass is 32.1. The molecule has 0 fully saturated rings. The van der Waals surface area contributed by atoms with Gasteiger partial charge in [-0.3, -0.25) is 10.2 Å². The summed E-state index contributed by atoms with van der Waals surface area (Å²) in [6, 6.07) is 1.13. The molecule has 0 heterocycles. The molecule has 0 aliphatic rings. The van der Waals surface area contributed by atoms with E-state index in [2.05, 4.69) is 10.6 Å². The molecule has 278 valence electrons. The molecule has 0 atom stereocenters. The number of halogens is 6. The number of nitrogens with one attached hydrogen (secondary N) is 3. The molecule has 5 N–H and O–H groups in total. The van der Waals surface area contributed by atoms with Gasteiger partial charge < -0.3 is 48.5 Å². The van der Waals surface area contributed by atoms with Crippen LogP contribution in [0.5, 0.6) is 0 Å².